The topological polar surface area (TPSA) is 43.1 Å². The van der Waals surface area contributed by atoms with E-state index in [-0.39, 0.29) is 5.91 Å². The molecule has 0 unspecified atom stereocenters. The van der Waals surface area contributed by atoms with Crippen molar-refractivity contribution in [2.24, 2.45) is 5.73 Å². The van der Waals surface area contributed by atoms with E-state index in [0.717, 1.165) is 0 Å². The van der Waals surface area contributed by atoms with Gasteiger partial charge in [0.15, 0.2) is 0 Å². The number of fused-ring (bicyclic) bond motifs is 3. The summed E-state index contributed by atoms with van der Waals surface area (Å²) in [6.07, 6.45) is 1.07. The Morgan fingerprint density at radius 1 is 0.950 bits per heavy atom. The lowest BCUT2D eigenvalue weighted by Gasteiger charge is -2.11. The number of primary amides is 1. The maximum Gasteiger partial charge on any atom is 0.217 e. The van der Waals surface area contributed by atoms with Gasteiger partial charge in [0, 0.05) is 11.3 Å². The van der Waals surface area contributed by atoms with Gasteiger partial charge in [-0.2, -0.15) is 0 Å². The molecule has 0 saturated heterocycles. The number of hydrogen-bond donors (Lipinski definition) is 1. The fourth-order valence-electron chi connectivity index (χ4n) is 2.44. The average Bonchev–Trinajstić information content (AvgIpc) is 2.63. The predicted octanol–water partition coefficient (Wildman–Crippen LogP) is 4.07. The predicted molar refractivity (Wildman–Crippen MR) is 84.1 cm³/mol. The highest BCUT2D eigenvalue weighted by molar-refractivity contribution is 8.02. The van der Waals surface area contributed by atoms with Crippen LogP contribution >= 0.6 is 11.8 Å². The molecule has 2 N–H and O–H groups in total. The molecule has 0 saturated carbocycles. The third-order valence-corrected chi connectivity index (χ3v) is 4.43. The summed E-state index contributed by atoms with van der Waals surface area (Å²) < 4.78 is 0. The molecule has 1 amide bonds. The summed E-state index contributed by atoms with van der Waals surface area (Å²) in [6.45, 7) is 0. The normalized spacial score (nSPS) is 12.9. The first kappa shape index (κ1) is 13.0. The van der Waals surface area contributed by atoms with Crippen molar-refractivity contribution in [3.63, 3.8) is 0 Å². The summed E-state index contributed by atoms with van der Waals surface area (Å²) in [7, 11) is 0. The van der Waals surface area contributed by atoms with Gasteiger partial charge in [0.05, 0.1) is 0 Å². The monoisotopic (exact) mass is 281 g/mol. The molecule has 20 heavy (non-hydrogen) atoms. The Morgan fingerprint density at radius 3 is 2.35 bits per heavy atom. The molecule has 3 rings (SSSR count). The van der Waals surface area contributed by atoms with E-state index in [4.69, 9.17) is 5.73 Å². The summed E-state index contributed by atoms with van der Waals surface area (Å²) in [5, 5.41) is 2.15. The number of nitrogens with two attached hydrogens (primary N) is 1. The molecule has 1 heterocycles. The van der Waals surface area contributed by atoms with Gasteiger partial charge in [-0.05, 0) is 40.2 Å². The van der Waals surface area contributed by atoms with Crippen LogP contribution in [0.15, 0.2) is 58.8 Å². The van der Waals surface area contributed by atoms with E-state index in [1.807, 2.05) is 6.07 Å². The number of amides is 1. The molecule has 0 radical (unpaired) electrons. The fraction of sp³-hybridized carbons (Fsp3) is 0.118. The van der Waals surface area contributed by atoms with E-state index in [1.54, 1.807) is 11.8 Å². The van der Waals surface area contributed by atoms with Crippen molar-refractivity contribution in [1.82, 2.24) is 0 Å². The molecule has 2 aromatic rings. The van der Waals surface area contributed by atoms with Crippen LogP contribution in [0.1, 0.15) is 18.4 Å². The van der Waals surface area contributed by atoms with Crippen LogP contribution in [0.25, 0.3) is 16.7 Å². The molecule has 1 aliphatic heterocycles. The molecule has 0 aromatic heterocycles. The van der Waals surface area contributed by atoms with Crippen molar-refractivity contribution in [3.8, 4) is 11.1 Å². The Kier molecular flexibility index (Phi) is 3.61. The summed E-state index contributed by atoms with van der Waals surface area (Å²) in [6, 6.07) is 16.7. The molecule has 2 aromatic carbocycles. The number of hydrogen-bond acceptors (Lipinski definition) is 2. The van der Waals surface area contributed by atoms with Crippen molar-refractivity contribution in [2.75, 3.05) is 0 Å². The number of rotatable bonds is 3. The molecular formula is C17H15NOS. The zero-order chi connectivity index (χ0) is 13.9. The van der Waals surface area contributed by atoms with Crippen LogP contribution in [-0.2, 0) is 4.79 Å². The first-order valence-corrected chi connectivity index (χ1v) is 7.46. The van der Waals surface area contributed by atoms with Crippen LogP contribution in [0.5, 0.6) is 0 Å². The highest BCUT2D eigenvalue weighted by atomic mass is 32.2. The Bertz CT molecular complexity index is 691. The molecule has 100 valence electrons. The molecule has 0 fully saturated rings. The molecule has 2 nitrogen and oxygen atoms in total. The number of benzene rings is 2. The second-order valence-electron chi connectivity index (χ2n) is 4.77. The Labute approximate surface area is 122 Å². The molecule has 0 spiro atoms. The van der Waals surface area contributed by atoms with Gasteiger partial charge < -0.3 is 5.73 Å². The zero-order valence-corrected chi connectivity index (χ0v) is 11.8. The highest BCUT2D eigenvalue weighted by Gasteiger charge is 2.16. The van der Waals surface area contributed by atoms with E-state index in [1.165, 1.54) is 27.2 Å². The van der Waals surface area contributed by atoms with Gasteiger partial charge >= 0.3 is 0 Å². The van der Waals surface area contributed by atoms with E-state index in [9.17, 15) is 4.79 Å². The first-order valence-electron chi connectivity index (χ1n) is 6.58. The summed E-state index contributed by atoms with van der Waals surface area (Å²) in [5.41, 5.74) is 10.1. The minimum Gasteiger partial charge on any atom is -0.370 e. The summed E-state index contributed by atoms with van der Waals surface area (Å²) >= 11 is 1.71. The first-order chi connectivity index (χ1) is 9.75. The third-order valence-electron chi connectivity index (χ3n) is 3.42. The van der Waals surface area contributed by atoms with Crippen molar-refractivity contribution >= 4 is 23.2 Å². The zero-order valence-electron chi connectivity index (χ0n) is 11.0. The van der Waals surface area contributed by atoms with Crippen LogP contribution in [0.2, 0.25) is 0 Å². The highest BCUT2D eigenvalue weighted by Crippen LogP contribution is 2.42. The lowest BCUT2D eigenvalue weighted by molar-refractivity contribution is -0.117. The fourth-order valence-corrected chi connectivity index (χ4v) is 3.42. The van der Waals surface area contributed by atoms with Gasteiger partial charge in [0.1, 0.15) is 0 Å². The summed E-state index contributed by atoms with van der Waals surface area (Å²) in [4.78, 5) is 12.3. The molecule has 3 heteroatoms. The molecule has 0 bridgehead atoms. The largest absolute Gasteiger partial charge is 0.370 e. The van der Waals surface area contributed by atoms with Gasteiger partial charge in [-0.25, -0.2) is 0 Å². The number of carbonyl (C=O) groups is 1. The van der Waals surface area contributed by atoms with Crippen molar-refractivity contribution in [3.05, 3.63) is 59.5 Å². The van der Waals surface area contributed by atoms with Crippen LogP contribution in [0.3, 0.4) is 0 Å². The van der Waals surface area contributed by atoms with Crippen LogP contribution < -0.4 is 5.73 Å². The Balaban J connectivity index is 2.09. The van der Waals surface area contributed by atoms with Crippen molar-refractivity contribution in [2.45, 2.75) is 17.7 Å². The molecule has 0 atom stereocenters. The van der Waals surface area contributed by atoms with E-state index in [2.05, 4.69) is 47.9 Å². The second kappa shape index (κ2) is 5.55. The SMILES string of the molecule is NC(=O)CCC1=CSc2ccccc2-c2ccccc21. The average molecular weight is 281 g/mol. The third kappa shape index (κ3) is 2.49. The van der Waals surface area contributed by atoms with E-state index < -0.39 is 0 Å². The molecule has 1 aliphatic rings. The van der Waals surface area contributed by atoms with Crippen molar-refractivity contribution < 1.29 is 4.79 Å². The summed E-state index contributed by atoms with van der Waals surface area (Å²) in [5.74, 6) is -0.254. The molecular weight excluding hydrogens is 266 g/mol. The van der Waals surface area contributed by atoms with Crippen molar-refractivity contribution in [1.29, 1.82) is 0 Å². The standard InChI is InChI=1S/C17H15NOS/c18-17(19)10-9-12-11-20-16-8-4-3-7-15(16)14-6-2-1-5-13(12)14/h1-8,11H,9-10H2,(H2,18,19). The van der Waals surface area contributed by atoms with Gasteiger partial charge in [-0.3, -0.25) is 4.79 Å². The van der Waals surface area contributed by atoms with E-state index in [0.29, 0.717) is 12.8 Å². The second-order valence-corrected chi connectivity index (χ2v) is 5.68. The minimum atomic E-state index is -0.254. The number of allylic oxidation sites excluding steroid dienone is 1. The Hall–Kier alpha value is -2.00. The van der Waals surface area contributed by atoms with Crippen LogP contribution in [0.4, 0.5) is 0 Å². The number of carbonyl (C=O) groups excluding carboxylic acids is 1. The van der Waals surface area contributed by atoms with Crippen LogP contribution in [0, 0.1) is 0 Å². The van der Waals surface area contributed by atoms with Gasteiger partial charge in [-0.15, -0.1) is 0 Å². The quantitative estimate of drug-likeness (QED) is 0.921. The number of thioether (sulfide) groups is 1. The molecule has 0 aliphatic carbocycles. The maximum atomic E-state index is 11.0. The smallest absolute Gasteiger partial charge is 0.217 e. The van der Waals surface area contributed by atoms with Gasteiger partial charge in [-0.1, -0.05) is 54.2 Å². The van der Waals surface area contributed by atoms with Gasteiger partial charge in [0.25, 0.3) is 0 Å². The lowest BCUT2D eigenvalue weighted by atomic mass is 9.93. The lowest BCUT2D eigenvalue weighted by Crippen LogP contribution is -2.10. The Morgan fingerprint density at radius 2 is 1.60 bits per heavy atom. The van der Waals surface area contributed by atoms with Gasteiger partial charge in [0.2, 0.25) is 5.91 Å². The maximum absolute atomic E-state index is 11.0. The minimum absolute atomic E-state index is 0.254. The van der Waals surface area contributed by atoms with Crippen LogP contribution in [-0.4, -0.2) is 5.91 Å². The van der Waals surface area contributed by atoms with E-state index >= 15 is 0 Å².